The third-order valence-corrected chi connectivity index (χ3v) is 5.59. The zero-order valence-corrected chi connectivity index (χ0v) is 14.4. The number of amides is 2. The summed E-state index contributed by atoms with van der Waals surface area (Å²) in [5.74, 6) is -1.31. The highest BCUT2D eigenvalue weighted by atomic mass is 35.5. The van der Waals surface area contributed by atoms with Crippen LogP contribution >= 0.6 is 34.5 Å². The van der Waals surface area contributed by atoms with E-state index in [1.54, 1.807) is 6.07 Å². The van der Waals surface area contributed by atoms with Gasteiger partial charge in [0.05, 0.1) is 32.6 Å². The lowest BCUT2D eigenvalue weighted by Crippen LogP contribution is -2.34. The number of halogens is 2. The number of fused-ring (bicyclic) bond motifs is 1. The van der Waals surface area contributed by atoms with Gasteiger partial charge >= 0.3 is 0 Å². The Morgan fingerprint density at radius 1 is 1.09 bits per heavy atom. The summed E-state index contributed by atoms with van der Waals surface area (Å²) in [7, 11) is 0. The van der Waals surface area contributed by atoms with Crippen molar-refractivity contribution in [1.82, 2.24) is 4.90 Å². The second-order valence-electron chi connectivity index (χ2n) is 5.05. The lowest BCUT2D eigenvalue weighted by Gasteiger charge is -2.11. The minimum Gasteiger partial charge on any atom is -0.291 e. The number of carbonyl (C=O) groups excluding carboxylic acids is 3. The van der Waals surface area contributed by atoms with Gasteiger partial charge in [0.2, 0.25) is 0 Å². The topological polar surface area (TPSA) is 54.5 Å². The molecule has 1 aliphatic heterocycles. The number of hydrogen-bond donors (Lipinski definition) is 0. The van der Waals surface area contributed by atoms with Crippen molar-refractivity contribution in [3.8, 4) is 0 Å². The first-order valence-corrected chi connectivity index (χ1v) is 8.46. The van der Waals surface area contributed by atoms with Crippen LogP contribution in [0.4, 0.5) is 0 Å². The first-order valence-electron chi connectivity index (χ1n) is 6.89. The van der Waals surface area contributed by atoms with Gasteiger partial charge in [-0.1, -0.05) is 30.1 Å². The average molecular weight is 368 g/mol. The van der Waals surface area contributed by atoms with Gasteiger partial charge in [-0.2, -0.15) is 0 Å². The van der Waals surface area contributed by atoms with Gasteiger partial charge in [0.15, 0.2) is 5.78 Å². The molecule has 4 nitrogen and oxygen atoms in total. The molecule has 0 N–H and O–H groups in total. The number of hydrogen-bond acceptors (Lipinski definition) is 4. The van der Waals surface area contributed by atoms with Crippen LogP contribution in [0.3, 0.4) is 0 Å². The predicted molar refractivity (Wildman–Crippen MR) is 89.9 cm³/mol. The summed E-state index contributed by atoms with van der Waals surface area (Å²) in [6, 6.07) is 6.33. The van der Waals surface area contributed by atoms with E-state index < -0.39 is 11.8 Å². The molecule has 0 saturated heterocycles. The maximum Gasteiger partial charge on any atom is 0.262 e. The van der Waals surface area contributed by atoms with Crippen molar-refractivity contribution in [3.05, 3.63) is 55.2 Å². The SMILES string of the molecule is CCc1ccc(C(=O)CN2C(=O)c3cc(Cl)c(Cl)cc3C2=O)s1. The monoisotopic (exact) mass is 367 g/mol. The van der Waals surface area contributed by atoms with Crippen molar-refractivity contribution >= 4 is 52.1 Å². The fraction of sp³-hybridized carbons (Fsp3) is 0.188. The molecule has 1 aromatic carbocycles. The molecule has 23 heavy (non-hydrogen) atoms. The number of benzene rings is 1. The van der Waals surface area contributed by atoms with Crippen LogP contribution in [0, 0.1) is 0 Å². The Kier molecular flexibility index (Phi) is 4.27. The summed E-state index contributed by atoms with van der Waals surface area (Å²) < 4.78 is 0. The van der Waals surface area contributed by atoms with Crippen LogP contribution in [-0.4, -0.2) is 29.0 Å². The van der Waals surface area contributed by atoms with Gasteiger partial charge in [-0.05, 0) is 30.7 Å². The van der Waals surface area contributed by atoms with Crippen LogP contribution in [-0.2, 0) is 6.42 Å². The van der Waals surface area contributed by atoms with Crippen LogP contribution in [0.2, 0.25) is 10.0 Å². The number of rotatable bonds is 4. The van der Waals surface area contributed by atoms with Crippen LogP contribution in [0.1, 0.15) is 42.2 Å². The van der Waals surface area contributed by atoms with Crippen molar-refractivity contribution in [1.29, 1.82) is 0 Å². The molecule has 0 fully saturated rings. The number of aryl methyl sites for hydroxylation is 1. The molecular formula is C16H11Cl2NO3S. The zero-order chi connectivity index (χ0) is 16.7. The van der Waals surface area contributed by atoms with Crippen LogP contribution in [0.5, 0.6) is 0 Å². The largest absolute Gasteiger partial charge is 0.291 e. The van der Waals surface area contributed by atoms with E-state index in [2.05, 4.69) is 0 Å². The molecule has 0 bridgehead atoms. The molecule has 0 aliphatic carbocycles. The molecular weight excluding hydrogens is 357 g/mol. The maximum atomic E-state index is 12.4. The van der Waals surface area contributed by atoms with Gasteiger partial charge in [0, 0.05) is 4.88 Å². The van der Waals surface area contributed by atoms with Crippen molar-refractivity contribution in [2.75, 3.05) is 6.54 Å². The standard InChI is InChI=1S/C16H11Cl2NO3S/c1-2-8-3-4-14(23-8)13(20)7-19-15(21)9-5-11(17)12(18)6-10(9)16(19)22/h3-6H,2,7H2,1H3. The zero-order valence-electron chi connectivity index (χ0n) is 12.1. The lowest BCUT2D eigenvalue weighted by molar-refractivity contribution is 0.0625. The molecule has 0 unspecified atom stereocenters. The highest BCUT2D eigenvalue weighted by molar-refractivity contribution is 7.14. The molecule has 118 valence electrons. The normalized spacial score (nSPS) is 13.6. The number of carbonyl (C=O) groups is 3. The lowest BCUT2D eigenvalue weighted by atomic mass is 10.1. The van der Waals surface area contributed by atoms with Gasteiger partial charge in [0.25, 0.3) is 11.8 Å². The molecule has 2 aromatic rings. The van der Waals surface area contributed by atoms with E-state index in [-0.39, 0.29) is 33.5 Å². The fourth-order valence-corrected chi connectivity index (χ4v) is 3.57. The van der Waals surface area contributed by atoms with Gasteiger partial charge in [-0.15, -0.1) is 11.3 Å². The summed E-state index contributed by atoms with van der Waals surface area (Å²) in [5, 5.41) is 0.399. The Balaban J connectivity index is 1.86. The highest BCUT2D eigenvalue weighted by Gasteiger charge is 2.37. The molecule has 7 heteroatoms. The Labute approximate surface area is 146 Å². The van der Waals surface area contributed by atoms with Crippen LogP contribution in [0.15, 0.2) is 24.3 Å². The molecule has 1 aromatic heterocycles. The summed E-state index contributed by atoms with van der Waals surface area (Å²) in [4.78, 5) is 39.6. The molecule has 2 heterocycles. The van der Waals surface area contributed by atoms with Crippen molar-refractivity contribution in [3.63, 3.8) is 0 Å². The van der Waals surface area contributed by atoms with Crippen LogP contribution in [0.25, 0.3) is 0 Å². The van der Waals surface area contributed by atoms with Gasteiger partial charge in [-0.3, -0.25) is 19.3 Å². The highest BCUT2D eigenvalue weighted by Crippen LogP contribution is 2.31. The summed E-state index contributed by atoms with van der Waals surface area (Å²) in [5.41, 5.74) is 0.357. The number of imide groups is 1. The van der Waals surface area contributed by atoms with Crippen molar-refractivity contribution in [2.45, 2.75) is 13.3 Å². The first-order chi connectivity index (χ1) is 10.9. The quantitative estimate of drug-likeness (QED) is 0.603. The van der Waals surface area contributed by atoms with Gasteiger partial charge < -0.3 is 0 Å². The van der Waals surface area contributed by atoms with E-state index in [0.29, 0.717) is 4.88 Å². The summed E-state index contributed by atoms with van der Waals surface area (Å²) in [6.45, 7) is 1.71. The Morgan fingerprint density at radius 2 is 1.65 bits per heavy atom. The van der Waals surface area contributed by atoms with E-state index in [1.807, 2.05) is 13.0 Å². The molecule has 2 amide bonds. The third kappa shape index (κ3) is 2.80. The summed E-state index contributed by atoms with van der Waals surface area (Å²) >= 11 is 13.2. The number of ketones is 1. The Bertz CT molecular complexity index is 803. The molecule has 1 aliphatic rings. The second-order valence-corrected chi connectivity index (χ2v) is 7.03. The van der Waals surface area contributed by atoms with Crippen molar-refractivity contribution in [2.24, 2.45) is 0 Å². The summed E-state index contributed by atoms with van der Waals surface area (Å²) in [6.07, 6.45) is 0.835. The van der Waals surface area contributed by atoms with E-state index in [0.717, 1.165) is 16.2 Å². The minimum absolute atomic E-state index is 0.178. The number of thiophene rings is 1. The predicted octanol–water partition coefficient (Wildman–Crippen LogP) is 4.10. The molecule has 3 rings (SSSR count). The smallest absolute Gasteiger partial charge is 0.262 e. The molecule has 0 atom stereocenters. The fourth-order valence-electron chi connectivity index (χ4n) is 2.37. The van der Waals surface area contributed by atoms with Crippen LogP contribution < -0.4 is 0 Å². The van der Waals surface area contributed by atoms with Gasteiger partial charge in [0.1, 0.15) is 0 Å². The molecule has 0 radical (unpaired) electrons. The van der Waals surface area contributed by atoms with E-state index >= 15 is 0 Å². The van der Waals surface area contributed by atoms with E-state index in [9.17, 15) is 14.4 Å². The van der Waals surface area contributed by atoms with E-state index in [1.165, 1.54) is 23.5 Å². The average Bonchev–Trinajstić information content (AvgIpc) is 3.09. The van der Waals surface area contributed by atoms with E-state index in [4.69, 9.17) is 23.2 Å². The number of nitrogens with zero attached hydrogens (tertiary/aromatic N) is 1. The first kappa shape index (κ1) is 16.2. The Morgan fingerprint density at radius 3 is 2.13 bits per heavy atom. The second kappa shape index (κ2) is 6.07. The maximum absolute atomic E-state index is 12.4. The Hall–Kier alpha value is -1.69. The minimum atomic E-state index is -0.524. The molecule has 0 saturated carbocycles. The number of Topliss-reactive ketones (excluding diaryl/α,β-unsaturated/α-hetero) is 1. The molecule has 0 spiro atoms. The third-order valence-electron chi connectivity index (χ3n) is 3.60. The van der Waals surface area contributed by atoms with Gasteiger partial charge in [-0.25, -0.2) is 0 Å². The van der Waals surface area contributed by atoms with Crippen molar-refractivity contribution < 1.29 is 14.4 Å².